The lowest BCUT2D eigenvalue weighted by Crippen LogP contribution is -2.35. The summed E-state index contributed by atoms with van der Waals surface area (Å²) in [6.07, 6.45) is 7.40. The van der Waals surface area contributed by atoms with Crippen LogP contribution in [-0.4, -0.2) is 12.4 Å². The summed E-state index contributed by atoms with van der Waals surface area (Å²) in [4.78, 5) is 12.9. The molecule has 1 aliphatic carbocycles. The minimum absolute atomic E-state index is 0.0383. The van der Waals surface area contributed by atoms with Gasteiger partial charge in [-0.05, 0) is 66.6 Å². The third kappa shape index (κ3) is 4.78. The normalized spacial score (nSPS) is 21.4. The Balaban J connectivity index is 1.15. The van der Waals surface area contributed by atoms with E-state index in [4.69, 9.17) is 15.2 Å². The van der Waals surface area contributed by atoms with Crippen LogP contribution in [-0.2, 0) is 23.4 Å². The molecule has 1 spiro atoms. The van der Waals surface area contributed by atoms with Gasteiger partial charge in [0.15, 0.2) is 5.78 Å². The predicted molar refractivity (Wildman–Crippen MR) is 135 cm³/mol. The van der Waals surface area contributed by atoms with E-state index in [0.29, 0.717) is 19.8 Å². The Labute approximate surface area is 201 Å². The van der Waals surface area contributed by atoms with Gasteiger partial charge in [0, 0.05) is 23.4 Å². The van der Waals surface area contributed by atoms with Gasteiger partial charge in [0.1, 0.15) is 18.1 Å². The van der Waals surface area contributed by atoms with Crippen LogP contribution in [0.25, 0.3) is 6.08 Å². The molecular weight excluding hydrogens is 422 g/mol. The van der Waals surface area contributed by atoms with E-state index in [1.165, 1.54) is 5.56 Å². The third-order valence-electron chi connectivity index (χ3n) is 7.27. The highest BCUT2D eigenvalue weighted by Crippen LogP contribution is 2.49. The lowest BCUT2D eigenvalue weighted by Gasteiger charge is -2.35. The molecule has 0 radical (unpaired) electrons. The average Bonchev–Trinajstić information content (AvgIpc) is 3.24. The summed E-state index contributed by atoms with van der Waals surface area (Å²) in [5.74, 6) is 2.10. The van der Waals surface area contributed by atoms with Crippen molar-refractivity contribution in [2.75, 3.05) is 6.61 Å². The van der Waals surface area contributed by atoms with Crippen molar-refractivity contribution in [2.24, 2.45) is 11.7 Å². The largest absolute Gasteiger partial charge is 0.492 e. The molecule has 34 heavy (non-hydrogen) atoms. The highest BCUT2D eigenvalue weighted by atomic mass is 16.5. The van der Waals surface area contributed by atoms with Gasteiger partial charge in [-0.1, -0.05) is 60.7 Å². The molecular formula is C30H31NO3. The van der Waals surface area contributed by atoms with Gasteiger partial charge in [0.2, 0.25) is 0 Å². The van der Waals surface area contributed by atoms with Gasteiger partial charge in [-0.3, -0.25) is 4.79 Å². The Kier molecular flexibility index (Phi) is 6.50. The summed E-state index contributed by atoms with van der Waals surface area (Å²) >= 11 is 0. The third-order valence-corrected chi connectivity index (χ3v) is 7.27. The van der Waals surface area contributed by atoms with Crippen LogP contribution in [0.2, 0.25) is 0 Å². The second-order valence-electron chi connectivity index (χ2n) is 9.46. The molecule has 2 N–H and O–H groups in total. The van der Waals surface area contributed by atoms with Crippen molar-refractivity contribution < 1.29 is 14.3 Å². The molecule has 4 heteroatoms. The Morgan fingerprint density at radius 3 is 2.50 bits per heavy atom. The molecule has 4 nitrogen and oxygen atoms in total. The highest BCUT2D eigenvalue weighted by molar-refractivity contribution is 5.95. The Bertz CT molecular complexity index is 1160. The smallest absolute Gasteiger partial charge is 0.158 e. The van der Waals surface area contributed by atoms with Gasteiger partial charge in [-0.25, -0.2) is 0 Å². The number of benzene rings is 3. The number of hydrogen-bond acceptors (Lipinski definition) is 4. The number of allylic oxidation sites excluding steroid dienone is 1. The first-order valence-corrected chi connectivity index (χ1v) is 12.1. The van der Waals surface area contributed by atoms with Crippen molar-refractivity contribution in [1.29, 1.82) is 0 Å². The summed E-state index contributed by atoms with van der Waals surface area (Å²) in [7, 11) is 0. The molecule has 5 rings (SSSR count). The first kappa shape index (κ1) is 22.4. The van der Waals surface area contributed by atoms with E-state index in [2.05, 4.69) is 6.07 Å². The Morgan fingerprint density at radius 1 is 1.00 bits per heavy atom. The molecule has 2 aliphatic rings. The zero-order valence-corrected chi connectivity index (χ0v) is 19.4. The fourth-order valence-corrected chi connectivity index (χ4v) is 5.14. The molecule has 0 aromatic heterocycles. The van der Waals surface area contributed by atoms with Gasteiger partial charge < -0.3 is 15.2 Å². The zero-order valence-electron chi connectivity index (χ0n) is 19.4. The van der Waals surface area contributed by atoms with Crippen LogP contribution < -0.4 is 15.2 Å². The second kappa shape index (κ2) is 9.86. The first-order valence-electron chi connectivity index (χ1n) is 12.1. The second-order valence-corrected chi connectivity index (χ2v) is 9.46. The molecule has 0 unspecified atom stereocenters. The van der Waals surface area contributed by atoms with Gasteiger partial charge in [0.05, 0.1) is 6.61 Å². The molecule has 3 aromatic carbocycles. The summed E-state index contributed by atoms with van der Waals surface area (Å²) < 4.78 is 11.8. The number of carbonyl (C=O) groups is 1. The van der Waals surface area contributed by atoms with Crippen LogP contribution in [0.5, 0.6) is 11.5 Å². The minimum atomic E-state index is 0.0383. The predicted octanol–water partition coefficient (Wildman–Crippen LogP) is 5.83. The van der Waals surface area contributed by atoms with Gasteiger partial charge in [-0.2, -0.15) is 0 Å². The van der Waals surface area contributed by atoms with E-state index in [1.54, 1.807) is 6.08 Å². The average molecular weight is 454 g/mol. The van der Waals surface area contributed by atoms with E-state index in [1.807, 2.05) is 72.8 Å². The van der Waals surface area contributed by atoms with Crippen LogP contribution >= 0.6 is 0 Å². The van der Waals surface area contributed by atoms with Crippen molar-refractivity contribution in [3.8, 4) is 11.5 Å². The van der Waals surface area contributed by atoms with Crippen LogP contribution in [0.3, 0.4) is 0 Å². The van der Waals surface area contributed by atoms with Crippen LogP contribution in [0, 0.1) is 5.92 Å². The monoisotopic (exact) mass is 453 g/mol. The van der Waals surface area contributed by atoms with E-state index in [0.717, 1.165) is 53.9 Å². The maximum absolute atomic E-state index is 12.9. The minimum Gasteiger partial charge on any atom is -0.492 e. The first-order chi connectivity index (χ1) is 16.6. The molecule has 174 valence electrons. The summed E-state index contributed by atoms with van der Waals surface area (Å²) in [6, 6.07) is 24.3. The summed E-state index contributed by atoms with van der Waals surface area (Å²) in [5.41, 5.74) is 10.5. The van der Waals surface area contributed by atoms with Crippen molar-refractivity contribution in [3.63, 3.8) is 0 Å². The SMILES string of the molecule is NCc1ccc2c(c1)C1(CCC(C(=O)/C=C/c3ccc(OCc4ccccc4)cc3)CC1)CO2. The Hall–Kier alpha value is -3.37. The van der Waals surface area contributed by atoms with E-state index < -0.39 is 0 Å². The number of carbonyl (C=O) groups excluding carboxylic acids is 1. The quantitative estimate of drug-likeness (QED) is 0.458. The molecule has 1 fully saturated rings. The number of nitrogens with two attached hydrogens (primary N) is 1. The summed E-state index contributed by atoms with van der Waals surface area (Å²) in [6.45, 7) is 1.79. The standard InChI is InChI=1S/C30H31NO3/c31-19-24-9-13-29-27(18-24)30(21-34-29)16-14-25(15-17-30)28(32)12-8-22-6-10-26(11-7-22)33-20-23-4-2-1-3-5-23/h1-13,18,25H,14-17,19-21,31H2/b12-8+. The van der Waals surface area contributed by atoms with Crippen LogP contribution in [0.1, 0.15) is 47.9 Å². The molecule has 0 saturated heterocycles. The molecule has 0 atom stereocenters. The number of ether oxygens (including phenoxy) is 2. The lowest BCUT2D eigenvalue weighted by molar-refractivity contribution is -0.119. The number of hydrogen-bond donors (Lipinski definition) is 1. The van der Waals surface area contributed by atoms with Crippen molar-refractivity contribution in [3.05, 3.63) is 101 Å². The molecule has 1 heterocycles. The summed E-state index contributed by atoms with van der Waals surface area (Å²) in [5, 5.41) is 0. The fourth-order valence-electron chi connectivity index (χ4n) is 5.14. The fraction of sp³-hybridized carbons (Fsp3) is 0.300. The molecule has 1 aliphatic heterocycles. The molecule has 1 saturated carbocycles. The molecule has 3 aromatic rings. The number of ketones is 1. The van der Waals surface area contributed by atoms with E-state index in [-0.39, 0.29) is 17.1 Å². The number of rotatable bonds is 7. The lowest BCUT2D eigenvalue weighted by atomic mass is 9.67. The zero-order chi connectivity index (χ0) is 23.4. The topological polar surface area (TPSA) is 61.6 Å². The van der Waals surface area contributed by atoms with Gasteiger partial charge in [-0.15, -0.1) is 0 Å². The van der Waals surface area contributed by atoms with Gasteiger partial charge in [0.25, 0.3) is 0 Å². The molecule has 0 bridgehead atoms. The van der Waals surface area contributed by atoms with Crippen LogP contribution in [0.15, 0.2) is 78.9 Å². The number of fused-ring (bicyclic) bond motifs is 2. The Morgan fingerprint density at radius 2 is 1.76 bits per heavy atom. The van der Waals surface area contributed by atoms with Gasteiger partial charge >= 0.3 is 0 Å². The van der Waals surface area contributed by atoms with E-state index >= 15 is 0 Å². The van der Waals surface area contributed by atoms with Crippen molar-refractivity contribution in [1.82, 2.24) is 0 Å². The van der Waals surface area contributed by atoms with E-state index in [9.17, 15) is 4.79 Å². The van der Waals surface area contributed by atoms with Crippen molar-refractivity contribution >= 4 is 11.9 Å². The molecule has 0 amide bonds. The maximum Gasteiger partial charge on any atom is 0.158 e. The maximum atomic E-state index is 12.9. The highest BCUT2D eigenvalue weighted by Gasteiger charge is 2.44. The van der Waals surface area contributed by atoms with Crippen molar-refractivity contribution in [2.45, 2.75) is 44.2 Å². The van der Waals surface area contributed by atoms with Crippen LogP contribution in [0.4, 0.5) is 0 Å².